The minimum absolute atomic E-state index is 0.00495. The zero-order chi connectivity index (χ0) is 21.1. The molecule has 0 aliphatic carbocycles. The number of fused-ring (bicyclic) bond motifs is 2. The van der Waals surface area contributed by atoms with Crippen molar-refractivity contribution in [3.05, 3.63) is 0 Å². The Hall–Kier alpha value is -1.22. The Morgan fingerprint density at radius 3 is 1.39 bits per heavy atom. The summed E-state index contributed by atoms with van der Waals surface area (Å²) in [4.78, 5) is 28.4. The topological polar surface area (TPSA) is 99.5 Å². The summed E-state index contributed by atoms with van der Waals surface area (Å²) in [6.45, 7) is 11.9. The van der Waals surface area contributed by atoms with Crippen LogP contribution in [0.15, 0.2) is 0 Å². The number of nitrogens with zero attached hydrogens (tertiary/aromatic N) is 2. The first-order chi connectivity index (χ1) is 12.7. The van der Waals surface area contributed by atoms with E-state index in [1.807, 2.05) is 41.5 Å². The van der Waals surface area contributed by atoms with Crippen molar-refractivity contribution < 1.29 is 29.3 Å². The van der Waals surface area contributed by atoms with Gasteiger partial charge in [-0.05, 0) is 12.8 Å². The van der Waals surface area contributed by atoms with Crippen molar-refractivity contribution in [1.82, 2.24) is 9.80 Å². The standard InChI is InChI=1S/C20H34N2O6/c1-17(2,3)15(23)21-9-7-13-19(25,11-21)27-14-8-10-22(12-20(14,26)28-13)16(24)18(4,5)6/h13-14,25-26H,7-12H2,1-6H3/t13-,14-,19-,20-/m0/s1. The van der Waals surface area contributed by atoms with Crippen LogP contribution in [0.5, 0.6) is 0 Å². The fourth-order valence-electron chi connectivity index (χ4n) is 4.22. The van der Waals surface area contributed by atoms with Crippen LogP contribution in [0.25, 0.3) is 0 Å². The second kappa shape index (κ2) is 6.65. The van der Waals surface area contributed by atoms with Crippen molar-refractivity contribution in [2.24, 2.45) is 10.8 Å². The molecule has 2 amide bonds. The molecule has 3 aliphatic rings. The Bertz CT molecular complexity index is 598. The summed E-state index contributed by atoms with van der Waals surface area (Å²) in [7, 11) is 0. The average Bonchev–Trinajstić information content (AvgIpc) is 2.55. The van der Waals surface area contributed by atoms with Gasteiger partial charge in [-0.25, -0.2) is 0 Å². The smallest absolute Gasteiger partial charge is 0.228 e. The van der Waals surface area contributed by atoms with E-state index < -0.39 is 34.6 Å². The van der Waals surface area contributed by atoms with Crippen LogP contribution in [0.2, 0.25) is 0 Å². The van der Waals surface area contributed by atoms with E-state index >= 15 is 0 Å². The molecular formula is C20H34N2O6. The van der Waals surface area contributed by atoms with Crippen molar-refractivity contribution in [2.75, 3.05) is 26.2 Å². The summed E-state index contributed by atoms with van der Waals surface area (Å²) in [5.74, 6) is -3.44. The number of likely N-dealkylation sites (tertiary alicyclic amines) is 2. The largest absolute Gasteiger partial charge is 0.362 e. The number of amides is 2. The lowest BCUT2D eigenvalue weighted by molar-refractivity contribution is -0.438. The number of carbonyl (C=O) groups excluding carboxylic acids is 2. The SMILES string of the molecule is CC(C)(C)C(=O)N1CC[C@@H]2O[C@@]3(O)CN(C(=O)C(C)(C)C)CC[C@@H]3O[C@@]2(O)C1. The minimum atomic E-state index is -1.66. The van der Waals surface area contributed by atoms with Gasteiger partial charge in [0.2, 0.25) is 23.4 Å². The van der Waals surface area contributed by atoms with Crippen LogP contribution in [0.3, 0.4) is 0 Å². The zero-order valence-corrected chi connectivity index (χ0v) is 17.8. The van der Waals surface area contributed by atoms with E-state index in [1.165, 1.54) is 0 Å². The number of rotatable bonds is 0. The lowest BCUT2D eigenvalue weighted by atomic mass is 9.88. The van der Waals surface area contributed by atoms with Gasteiger partial charge in [0.1, 0.15) is 12.2 Å². The average molecular weight is 399 g/mol. The van der Waals surface area contributed by atoms with Gasteiger partial charge < -0.3 is 29.5 Å². The number of hydrogen-bond acceptors (Lipinski definition) is 6. The fourth-order valence-corrected chi connectivity index (χ4v) is 4.22. The molecule has 0 saturated carbocycles. The van der Waals surface area contributed by atoms with E-state index in [-0.39, 0.29) is 24.9 Å². The first-order valence-electron chi connectivity index (χ1n) is 10.0. The van der Waals surface area contributed by atoms with Gasteiger partial charge in [0.15, 0.2) is 0 Å². The molecule has 3 fully saturated rings. The van der Waals surface area contributed by atoms with Gasteiger partial charge in [-0.2, -0.15) is 0 Å². The molecule has 0 unspecified atom stereocenters. The van der Waals surface area contributed by atoms with E-state index in [9.17, 15) is 19.8 Å². The maximum atomic E-state index is 12.6. The van der Waals surface area contributed by atoms with Gasteiger partial charge in [-0.1, -0.05) is 41.5 Å². The maximum absolute atomic E-state index is 12.6. The second-order valence-electron chi connectivity index (χ2n) is 10.4. The van der Waals surface area contributed by atoms with Gasteiger partial charge in [-0.3, -0.25) is 9.59 Å². The number of ether oxygens (including phenoxy) is 2. The molecule has 3 aliphatic heterocycles. The van der Waals surface area contributed by atoms with Crippen LogP contribution in [0.4, 0.5) is 0 Å². The first-order valence-corrected chi connectivity index (χ1v) is 10.0. The van der Waals surface area contributed by atoms with Gasteiger partial charge in [0.05, 0.1) is 13.1 Å². The lowest BCUT2D eigenvalue weighted by Crippen LogP contribution is -2.74. The van der Waals surface area contributed by atoms with Crippen LogP contribution in [0.1, 0.15) is 54.4 Å². The third-order valence-corrected chi connectivity index (χ3v) is 5.71. The first kappa shape index (κ1) is 21.5. The van der Waals surface area contributed by atoms with Gasteiger partial charge >= 0.3 is 0 Å². The summed E-state index contributed by atoms with van der Waals surface area (Å²) >= 11 is 0. The van der Waals surface area contributed by atoms with Crippen molar-refractivity contribution in [2.45, 2.75) is 78.2 Å². The molecule has 0 aromatic rings. The highest BCUT2D eigenvalue weighted by Crippen LogP contribution is 2.42. The van der Waals surface area contributed by atoms with Crippen LogP contribution in [-0.2, 0) is 19.1 Å². The molecule has 0 spiro atoms. The van der Waals surface area contributed by atoms with Gasteiger partial charge in [-0.15, -0.1) is 0 Å². The highest BCUT2D eigenvalue weighted by atomic mass is 16.7. The molecule has 0 bridgehead atoms. The minimum Gasteiger partial charge on any atom is -0.362 e. The normalized spacial score (nSPS) is 36.6. The predicted octanol–water partition coefficient (Wildman–Crippen LogP) is 0.704. The van der Waals surface area contributed by atoms with Crippen molar-refractivity contribution >= 4 is 11.8 Å². The van der Waals surface area contributed by atoms with Crippen LogP contribution in [-0.4, -0.2) is 81.8 Å². The maximum Gasteiger partial charge on any atom is 0.228 e. The van der Waals surface area contributed by atoms with E-state index in [4.69, 9.17) is 9.47 Å². The highest BCUT2D eigenvalue weighted by molar-refractivity contribution is 5.82. The quantitative estimate of drug-likeness (QED) is 0.623. The number of β-amino-alcohol motifs (C(OH)–C–C–N with tert-alkyl or cyclic N) is 2. The summed E-state index contributed by atoms with van der Waals surface area (Å²) < 4.78 is 11.9. The molecule has 4 atom stereocenters. The van der Waals surface area contributed by atoms with Crippen molar-refractivity contribution in [3.63, 3.8) is 0 Å². The molecule has 8 nitrogen and oxygen atoms in total. The fraction of sp³-hybridized carbons (Fsp3) is 0.900. The summed E-state index contributed by atoms with van der Waals surface area (Å²) in [5, 5.41) is 22.2. The summed E-state index contributed by atoms with van der Waals surface area (Å²) in [6, 6.07) is 0. The summed E-state index contributed by atoms with van der Waals surface area (Å²) in [6.07, 6.45) is -0.828. The molecule has 28 heavy (non-hydrogen) atoms. The molecule has 3 rings (SSSR count). The van der Waals surface area contributed by atoms with Gasteiger partial charge in [0, 0.05) is 23.9 Å². The Balaban J connectivity index is 1.75. The van der Waals surface area contributed by atoms with E-state index in [0.717, 1.165) is 0 Å². The van der Waals surface area contributed by atoms with Crippen molar-refractivity contribution in [3.8, 4) is 0 Å². The molecular weight excluding hydrogens is 364 g/mol. The molecule has 160 valence electrons. The molecule has 3 heterocycles. The molecule has 3 saturated heterocycles. The Morgan fingerprint density at radius 1 is 0.786 bits per heavy atom. The Morgan fingerprint density at radius 2 is 1.11 bits per heavy atom. The number of carbonyl (C=O) groups is 2. The third-order valence-electron chi connectivity index (χ3n) is 5.71. The van der Waals surface area contributed by atoms with Gasteiger partial charge in [0.25, 0.3) is 0 Å². The lowest BCUT2D eigenvalue weighted by Gasteiger charge is -2.57. The highest BCUT2D eigenvalue weighted by Gasteiger charge is 2.60. The molecule has 8 heteroatoms. The van der Waals surface area contributed by atoms with Crippen LogP contribution < -0.4 is 0 Å². The number of hydrogen-bond donors (Lipinski definition) is 2. The van der Waals surface area contributed by atoms with Crippen LogP contribution >= 0.6 is 0 Å². The molecule has 0 aromatic heterocycles. The second-order valence-corrected chi connectivity index (χ2v) is 10.4. The number of piperidine rings is 2. The van der Waals surface area contributed by atoms with E-state index in [1.54, 1.807) is 9.80 Å². The molecule has 0 radical (unpaired) electrons. The van der Waals surface area contributed by atoms with E-state index in [0.29, 0.717) is 25.9 Å². The predicted molar refractivity (Wildman–Crippen MR) is 101 cm³/mol. The van der Waals surface area contributed by atoms with E-state index in [2.05, 4.69) is 0 Å². The monoisotopic (exact) mass is 398 g/mol. The third kappa shape index (κ3) is 3.79. The van der Waals surface area contributed by atoms with Crippen LogP contribution in [0, 0.1) is 10.8 Å². The van der Waals surface area contributed by atoms with Crippen molar-refractivity contribution in [1.29, 1.82) is 0 Å². The summed E-state index contributed by atoms with van der Waals surface area (Å²) in [5.41, 5.74) is -1.11. The molecule has 2 N–H and O–H groups in total. The Kier molecular flexibility index (Phi) is 5.11. The zero-order valence-electron chi connectivity index (χ0n) is 17.8. The number of aliphatic hydroxyl groups is 2. The Labute approximate surface area is 166 Å². The molecule has 0 aromatic carbocycles.